The van der Waals surface area contributed by atoms with Crippen molar-refractivity contribution in [2.24, 2.45) is 5.73 Å². The van der Waals surface area contributed by atoms with Crippen LogP contribution in [0.4, 0.5) is 17.6 Å². The summed E-state index contributed by atoms with van der Waals surface area (Å²) in [5, 5.41) is 0. The van der Waals surface area contributed by atoms with Gasteiger partial charge in [0.15, 0.2) is 11.6 Å². The Morgan fingerprint density at radius 1 is 1.33 bits per heavy atom. The van der Waals surface area contributed by atoms with Crippen LogP contribution in [0.15, 0.2) is 12.1 Å². The number of halogens is 4. The van der Waals surface area contributed by atoms with Gasteiger partial charge in [-0.1, -0.05) is 0 Å². The number of alkyl halides is 2. The summed E-state index contributed by atoms with van der Waals surface area (Å²) in [6, 6.07) is 1.00. The van der Waals surface area contributed by atoms with Gasteiger partial charge in [-0.05, 0) is 6.07 Å². The van der Waals surface area contributed by atoms with Crippen molar-refractivity contribution in [2.75, 3.05) is 0 Å². The lowest BCUT2D eigenvalue weighted by atomic mass is 10.2. The smallest absolute Gasteiger partial charge is 0.387 e. The molecule has 1 amide bonds. The Balaban J connectivity index is 3.17. The normalized spacial score (nSPS) is 10.5. The van der Waals surface area contributed by atoms with E-state index in [0.717, 1.165) is 0 Å². The van der Waals surface area contributed by atoms with E-state index < -0.39 is 35.5 Å². The zero-order chi connectivity index (χ0) is 11.6. The Labute approximate surface area is 81.4 Å². The number of nitrogens with two attached hydrogens (primary N) is 1. The van der Waals surface area contributed by atoms with Gasteiger partial charge in [-0.2, -0.15) is 8.78 Å². The number of hydrogen-bond acceptors (Lipinski definition) is 2. The Hall–Kier alpha value is -1.79. The van der Waals surface area contributed by atoms with Crippen LogP contribution >= 0.6 is 0 Å². The maximum Gasteiger partial charge on any atom is 0.387 e. The summed E-state index contributed by atoms with van der Waals surface area (Å²) in [6.07, 6.45) is 0. The molecule has 0 saturated heterocycles. The minimum atomic E-state index is -3.20. The third-order valence-electron chi connectivity index (χ3n) is 1.49. The molecule has 0 fully saturated rings. The third-order valence-corrected chi connectivity index (χ3v) is 1.49. The molecule has 0 saturated carbocycles. The average Bonchev–Trinajstić information content (AvgIpc) is 2.09. The first kappa shape index (κ1) is 11.3. The van der Waals surface area contributed by atoms with E-state index in [4.69, 9.17) is 5.73 Å². The first-order valence-corrected chi connectivity index (χ1v) is 3.65. The zero-order valence-corrected chi connectivity index (χ0v) is 7.14. The topological polar surface area (TPSA) is 52.3 Å². The molecule has 0 radical (unpaired) electrons. The molecular weight excluding hydrogens is 218 g/mol. The molecule has 1 aromatic rings. The lowest BCUT2D eigenvalue weighted by molar-refractivity contribution is -0.0501. The first-order valence-electron chi connectivity index (χ1n) is 3.65. The molecule has 0 spiro atoms. The van der Waals surface area contributed by atoms with Gasteiger partial charge in [-0.25, -0.2) is 8.78 Å². The fourth-order valence-corrected chi connectivity index (χ4v) is 0.914. The molecule has 0 aliphatic heterocycles. The Morgan fingerprint density at radius 3 is 2.40 bits per heavy atom. The fraction of sp³-hybridized carbons (Fsp3) is 0.125. The second-order valence-corrected chi connectivity index (χ2v) is 2.51. The van der Waals surface area contributed by atoms with Crippen molar-refractivity contribution in [2.45, 2.75) is 6.61 Å². The van der Waals surface area contributed by atoms with Gasteiger partial charge in [0.25, 0.3) is 5.91 Å². The molecule has 0 bridgehead atoms. The van der Waals surface area contributed by atoms with Gasteiger partial charge in [0.1, 0.15) is 5.75 Å². The van der Waals surface area contributed by atoms with E-state index in [1.54, 1.807) is 0 Å². The fourth-order valence-electron chi connectivity index (χ4n) is 0.914. The second-order valence-electron chi connectivity index (χ2n) is 2.51. The van der Waals surface area contributed by atoms with Gasteiger partial charge in [-0.3, -0.25) is 4.79 Å². The van der Waals surface area contributed by atoms with Crippen LogP contribution < -0.4 is 10.5 Å². The van der Waals surface area contributed by atoms with E-state index in [-0.39, 0.29) is 0 Å². The third kappa shape index (κ3) is 2.58. The molecule has 7 heteroatoms. The van der Waals surface area contributed by atoms with Gasteiger partial charge in [-0.15, -0.1) is 0 Å². The van der Waals surface area contributed by atoms with Crippen LogP contribution in [-0.4, -0.2) is 12.5 Å². The molecule has 0 aromatic heterocycles. The molecule has 15 heavy (non-hydrogen) atoms. The summed E-state index contributed by atoms with van der Waals surface area (Å²) in [4.78, 5) is 10.6. The molecule has 0 heterocycles. The number of primary amides is 1. The highest BCUT2D eigenvalue weighted by molar-refractivity contribution is 5.93. The predicted molar refractivity (Wildman–Crippen MR) is 41.5 cm³/mol. The number of carbonyl (C=O) groups is 1. The van der Waals surface area contributed by atoms with Crippen LogP contribution in [-0.2, 0) is 0 Å². The molecule has 0 unspecified atom stereocenters. The molecule has 1 aromatic carbocycles. The highest BCUT2D eigenvalue weighted by atomic mass is 19.3. The summed E-state index contributed by atoms with van der Waals surface area (Å²) in [7, 11) is 0. The zero-order valence-electron chi connectivity index (χ0n) is 7.14. The Morgan fingerprint density at radius 2 is 1.93 bits per heavy atom. The number of hydrogen-bond donors (Lipinski definition) is 1. The number of amides is 1. The van der Waals surface area contributed by atoms with E-state index in [1.165, 1.54) is 0 Å². The van der Waals surface area contributed by atoms with Crippen molar-refractivity contribution in [3.05, 3.63) is 29.3 Å². The highest BCUT2D eigenvalue weighted by Gasteiger charge is 2.17. The molecule has 0 aliphatic rings. The summed E-state index contributed by atoms with van der Waals surface area (Å²) >= 11 is 0. The lowest BCUT2D eigenvalue weighted by Gasteiger charge is -2.06. The number of carbonyl (C=O) groups excluding carboxylic acids is 1. The summed E-state index contributed by atoms with van der Waals surface area (Å²) in [6.45, 7) is -3.20. The minimum Gasteiger partial charge on any atom is -0.435 e. The molecule has 0 atom stereocenters. The van der Waals surface area contributed by atoms with Crippen molar-refractivity contribution < 1.29 is 27.1 Å². The summed E-state index contributed by atoms with van der Waals surface area (Å²) in [5.41, 5.74) is 3.85. The quantitative estimate of drug-likeness (QED) is 0.792. The van der Waals surface area contributed by atoms with Crippen LogP contribution in [0.2, 0.25) is 0 Å². The van der Waals surface area contributed by atoms with Crippen LogP contribution in [0.1, 0.15) is 10.4 Å². The van der Waals surface area contributed by atoms with Crippen LogP contribution in [0.25, 0.3) is 0 Å². The lowest BCUT2D eigenvalue weighted by Crippen LogP contribution is -2.15. The molecule has 3 nitrogen and oxygen atoms in total. The van der Waals surface area contributed by atoms with Crippen molar-refractivity contribution in [3.63, 3.8) is 0 Å². The van der Waals surface area contributed by atoms with Gasteiger partial charge in [0, 0.05) is 6.07 Å². The number of rotatable bonds is 3. The highest BCUT2D eigenvalue weighted by Crippen LogP contribution is 2.21. The van der Waals surface area contributed by atoms with E-state index in [0.29, 0.717) is 12.1 Å². The Bertz CT molecular complexity index is 394. The maximum absolute atomic E-state index is 12.9. The van der Waals surface area contributed by atoms with E-state index in [2.05, 4.69) is 4.74 Å². The van der Waals surface area contributed by atoms with Gasteiger partial charge in [0.2, 0.25) is 0 Å². The largest absolute Gasteiger partial charge is 0.435 e. The second kappa shape index (κ2) is 4.16. The van der Waals surface area contributed by atoms with Crippen molar-refractivity contribution in [1.29, 1.82) is 0 Å². The molecule has 82 valence electrons. The summed E-state index contributed by atoms with van der Waals surface area (Å²) < 4.78 is 52.8. The van der Waals surface area contributed by atoms with Crippen LogP contribution in [0.3, 0.4) is 0 Å². The molecule has 1 rings (SSSR count). The Kier molecular flexibility index (Phi) is 3.13. The van der Waals surface area contributed by atoms with Crippen LogP contribution in [0, 0.1) is 11.6 Å². The van der Waals surface area contributed by atoms with E-state index in [9.17, 15) is 22.4 Å². The number of benzene rings is 1. The monoisotopic (exact) mass is 223 g/mol. The standard InChI is InChI=1S/C8H5F4NO2/c9-5-2-3(15-8(11)12)1-4(6(5)10)7(13)14/h1-2,8H,(H2,13,14). The van der Waals surface area contributed by atoms with Crippen molar-refractivity contribution in [1.82, 2.24) is 0 Å². The van der Waals surface area contributed by atoms with E-state index in [1.807, 2.05) is 0 Å². The van der Waals surface area contributed by atoms with Crippen LogP contribution in [0.5, 0.6) is 5.75 Å². The minimum absolute atomic E-state index is 0.397. The predicted octanol–water partition coefficient (Wildman–Crippen LogP) is 1.67. The summed E-state index contributed by atoms with van der Waals surface area (Å²) in [5.74, 6) is -4.92. The van der Waals surface area contributed by atoms with E-state index >= 15 is 0 Å². The SMILES string of the molecule is NC(=O)c1cc(OC(F)F)cc(F)c1F. The van der Waals surface area contributed by atoms with Gasteiger partial charge >= 0.3 is 6.61 Å². The van der Waals surface area contributed by atoms with Gasteiger partial charge in [0.05, 0.1) is 5.56 Å². The molecule has 2 N–H and O–H groups in total. The molecule has 0 aliphatic carbocycles. The van der Waals surface area contributed by atoms with Crippen molar-refractivity contribution in [3.8, 4) is 5.75 Å². The first-order chi connectivity index (χ1) is 6.91. The maximum atomic E-state index is 12.9. The van der Waals surface area contributed by atoms with Crippen molar-refractivity contribution >= 4 is 5.91 Å². The average molecular weight is 223 g/mol. The molecular formula is C8H5F4NO2. The number of ether oxygens (including phenoxy) is 1. The van der Waals surface area contributed by atoms with Gasteiger partial charge < -0.3 is 10.5 Å².